The fourth-order valence-corrected chi connectivity index (χ4v) is 1.15. The molecule has 17 heavy (non-hydrogen) atoms. The van der Waals surface area contributed by atoms with E-state index in [9.17, 15) is 19.7 Å². The maximum Gasteiger partial charge on any atom is 0.332 e. The predicted octanol–water partition coefficient (Wildman–Crippen LogP) is 0.613. The molecule has 0 amide bonds. The van der Waals surface area contributed by atoms with Crippen LogP contribution in [0.15, 0.2) is 24.3 Å². The number of hydrogen-bond acceptors (Lipinski definition) is 5. The van der Waals surface area contributed by atoms with E-state index in [1.165, 1.54) is 12.1 Å². The Kier molecular flexibility index (Phi) is 3.89. The van der Waals surface area contributed by atoms with E-state index < -0.39 is 29.2 Å². The third-order valence-corrected chi connectivity index (χ3v) is 2.06. The summed E-state index contributed by atoms with van der Waals surface area (Å²) < 4.78 is 0. The third-order valence-electron chi connectivity index (χ3n) is 2.06. The van der Waals surface area contributed by atoms with Gasteiger partial charge in [0, 0.05) is 24.1 Å². The standard InChI is InChI=1S/C10H9NO6/c12-8(5-9(13)10(14)15)6-1-3-7(4-2-6)11(16)17/h1-4,9,13H,5H2,(H,14,15). The number of nitro groups is 1. The molecule has 2 N–H and O–H groups in total. The number of hydrogen-bond donors (Lipinski definition) is 2. The molecule has 0 aliphatic heterocycles. The number of nitro benzene ring substituents is 1. The zero-order valence-electron chi connectivity index (χ0n) is 8.57. The first kappa shape index (κ1) is 12.8. The van der Waals surface area contributed by atoms with E-state index in [-0.39, 0.29) is 11.3 Å². The van der Waals surface area contributed by atoms with Crippen molar-refractivity contribution in [3.8, 4) is 0 Å². The number of carbonyl (C=O) groups is 2. The molecule has 0 radical (unpaired) electrons. The number of Topliss-reactive ketones (excluding diaryl/α,β-unsaturated/α-hetero) is 1. The van der Waals surface area contributed by atoms with Gasteiger partial charge in [0.25, 0.3) is 5.69 Å². The normalized spacial score (nSPS) is 11.8. The van der Waals surface area contributed by atoms with Gasteiger partial charge < -0.3 is 10.2 Å². The van der Waals surface area contributed by atoms with Gasteiger partial charge in [-0.15, -0.1) is 0 Å². The summed E-state index contributed by atoms with van der Waals surface area (Å²) >= 11 is 0. The number of carbonyl (C=O) groups excluding carboxylic acids is 1. The number of aliphatic hydroxyl groups excluding tert-OH is 1. The van der Waals surface area contributed by atoms with Crippen LogP contribution in [0.1, 0.15) is 16.8 Å². The van der Waals surface area contributed by atoms with Crippen molar-refractivity contribution < 1.29 is 24.7 Å². The lowest BCUT2D eigenvalue weighted by molar-refractivity contribution is -0.384. The van der Waals surface area contributed by atoms with E-state index in [0.717, 1.165) is 12.1 Å². The van der Waals surface area contributed by atoms with Gasteiger partial charge in [0.1, 0.15) is 0 Å². The van der Waals surface area contributed by atoms with Crippen LogP contribution in [0.25, 0.3) is 0 Å². The first-order valence-electron chi connectivity index (χ1n) is 4.60. The van der Waals surface area contributed by atoms with Crippen LogP contribution in [0.4, 0.5) is 5.69 Å². The van der Waals surface area contributed by atoms with Crippen molar-refractivity contribution in [1.29, 1.82) is 0 Å². The van der Waals surface area contributed by atoms with Gasteiger partial charge >= 0.3 is 5.97 Å². The largest absolute Gasteiger partial charge is 0.479 e. The van der Waals surface area contributed by atoms with Gasteiger partial charge in [-0.05, 0) is 12.1 Å². The monoisotopic (exact) mass is 239 g/mol. The van der Waals surface area contributed by atoms with Crippen molar-refractivity contribution in [2.75, 3.05) is 0 Å². The van der Waals surface area contributed by atoms with Crippen LogP contribution in [0.2, 0.25) is 0 Å². The molecule has 0 bridgehead atoms. The number of benzene rings is 1. The number of aliphatic hydroxyl groups is 1. The molecule has 0 heterocycles. The maximum absolute atomic E-state index is 11.4. The molecule has 0 aromatic heterocycles. The molecular weight excluding hydrogens is 230 g/mol. The summed E-state index contributed by atoms with van der Waals surface area (Å²) in [4.78, 5) is 31.5. The van der Waals surface area contributed by atoms with Gasteiger partial charge in [-0.25, -0.2) is 4.79 Å². The Morgan fingerprint density at radius 1 is 1.29 bits per heavy atom. The minimum absolute atomic E-state index is 0.121. The average Bonchev–Trinajstić information content (AvgIpc) is 2.28. The summed E-state index contributed by atoms with van der Waals surface area (Å²) in [6.45, 7) is 0. The molecule has 1 rings (SSSR count). The highest BCUT2D eigenvalue weighted by atomic mass is 16.6. The Morgan fingerprint density at radius 3 is 2.24 bits per heavy atom. The lowest BCUT2D eigenvalue weighted by atomic mass is 10.1. The van der Waals surface area contributed by atoms with Crippen molar-refractivity contribution in [2.24, 2.45) is 0 Å². The molecule has 1 aromatic rings. The Balaban J connectivity index is 2.77. The molecular formula is C10H9NO6. The van der Waals surface area contributed by atoms with Crippen LogP contribution in [0, 0.1) is 10.1 Å². The topological polar surface area (TPSA) is 118 Å². The molecule has 1 atom stereocenters. The first-order chi connectivity index (χ1) is 7.91. The molecule has 0 aliphatic carbocycles. The maximum atomic E-state index is 11.4. The van der Waals surface area contributed by atoms with E-state index in [1.807, 2.05) is 0 Å². The van der Waals surface area contributed by atoms with Gasteiger partial charge in [-0.1, -0.05) is 0 Å². The molecule has 7 heteroatoms. The van der Waals surface area contributed by atoms with Crippen molar-refractivity contribution in [2.45, 2.75) is 12.5 Å². The number of carboxylic acids is 1. The number of non-ortho nitro benzene ring substituents is 1. The van der Waals surface area contributed by atoms with E-state index in [4.69, 9.17) is 10.2 Å². The summed E-state index contributed by atoms with van der Waals surface area (Å²) in [5.74, 6) is -2.07. The van der Waals surface area contributed by atoms with Crippen molar-refractivity contribution in [3.05, 3.63) is 39.9 Å². The van der Waals surface area contributed by atoms with Crippen LogP contribution < -0.4 is 0 Å². The van der Waals surface area contributed by atoms with Crippen LogP contribution in [-0.2, 0) is 4.79 Å². The highest BCUT2D eigenvalue weighted by Gasteiger charge is 2.19. The minimum atomic E-state index is -1.77. The summed E-state index contributed by atoms with van der Waals surface area (Å²) in [5, 5.41) is 27.7. The lowest BCUT2D eigenvalue weighted by Crippen LogP contribution is -2.23. The Morgan fingerprint density at radius 2 is 1.82 bits per heavy atom. The molecule has 90 valence electrons. The summed E-state index contributed by atoms with van der Waals surface area (Å²) in [7, 11) is 0. The molecule has 0 aliphatic rings. The summed E-state index contributed by atoms with van der Waals surface area (Å²) in [6.07, 6.45) is -2.33. The van der Waals surface area contributed by atoms with Crippen molar-refractivity contribution in [1.82, 2.24) is 0 Å². The second-order valence-electron chi connectivity index (χ2n) is 3.29. The van der Waals surface area contributed by atoms with Crippen LogP contribution in [0.5, 0.6) is 0 Å². The number of aliphatic carboxylic acids is 1. The number of nitrogens with zero attached hydrogens (tertiary/aromatic N) is 1. The lowest BCUT2D eigenvalue weighted by Gasteiger charge is -2.04. The fraction of sp³-hybridized carbons (Fsp3) is 0.200. The van der Waals surface area contributed by atoms with E-state index in [2.05, 4.69) is 0 Å². The predicted molar refractivity (Wildman–Crippen MR) is 55.7 cm³/mol. The number of ketones is 1. The van der Waals surface area contributed by atoms with Crippen LogP contribution in [-0.4, -0.2) is 33.0 Å². The molecule has 7 nitrogen and oxygen atoms in total. The number of carboxylic acid groups (broad SMARTS) is 1. The Bertz CT molecular complexity index is 452. The average molecular weight is 239 g/mol. The third kappa shape index (κ3) is 3.35. The van der Waals surface area contributed by atoms with Crippen LogP contribution in [0.3, 0.4) is 0 Å². The van der Waals surface area contributed by atoms with Crippen molar-refractivity contribution >= 4 is 17.4 Å². The summed E-state index contributed by atoms with van der Waals surface area (Å²) in [5.41, 5.74) is -0.0452. The minimum Gasteiger partial charge on any atom is -0.479 e. The quantitative estimate of drug-likeness (QED) is 0.441. The molecule has 0 fully saturated rings. The Labute approximate surface area is 95.5 Å². The van der Waals surface area contributed by atoms with Crippen molar-refractivity contribution in [3.63, 3.8) is 0 Å². The summed E-state index contributed by atoms with van der Waals surface area (Å²) in [6, 6.07) is 4.71. The van der Waals surface area contributed by atoms with Crippen LogP contribution >= 0.6 is 0 Å². The van der Waals surface area contributed by atoms with Gasteiger partial charge in [-0.3, -0.25) is 14.9 Å². The highest BCUT2D eigenvalue weighted by Crippen LogP contribution is 2.13. The Hall–Kier alpha value is -2.28. The van der Waals surface area contributed by atoms with Gasteiger partial charge in [-0.2, -0.15) is 0 Å². The zero-order chi connectivity index (χ0) is 13.0. The second kappa shape index (κ2) is 5.17. The van der Waals surface area contributed by atoms with Gasteiger partial charge in [0.15, 0.2) is 11.9 Å². The van der Waals surface area contributed by atoms with E-state index in [0.29, 0.717) is 0 Å². The smallest absolute Gasteiger partial charge is 0.332 e. The fourth-order valence-electron chi connectivity index (χ4n) is 1.15. The zero-order valence-corrected chi connectivity index (χ0v) is 8.57. The van der Waals surface area contributed by atoms with Gasteiger partial charge in [0.05, 0.1) is 4.92 Å². The molecule has 1 unspecified atom stereocenters. The molecule has 0 spiro atoms. The highest BCUT2D eigenvalue weighted by molar-refractivity contribution is 5.98. The second-order valence-corrected chi connectivity index (χ2v) is 3.29. The number of rotatable bonds is 5. The van der Waals surface area contributed by atoms with E-state index in [1.54, 1.807) is 0 Å². The first-order valence-corrected chi connectivity index (χ1v) is 4.60. The van der Waals surface area contributed by atoms with Gasteiger partial charge in [0.2, 0.25) is 0 Å². The molecule has 0 saturated heterocycles. The SMILES string of the molecule is O=C(CC(O)C(=O)O)c1ccc([N+](=O)[O-])cc1. The molecule has 0 saturated carbocycles. The van der Waals surface area contributed by atoms with E-state index >= 15 is 0 Å². The molecule has 1 aromatic carbocycles.